The summed E-state index contributed by atoms with van der Waals surface area (Å²) in [7, 11) is 0. The van der Waals surface area contributed by atoms with Crippen LogP contribution >= 0.6 is 0 Å². The van der Waals surface area contributed by atoms with E-state index in [1.165, 1.54) is 0 Å². The largest absolute Gasteiger partial charge is 0.489 e. The number of ether oxygens (including phenoxy) is 1. The van der Waals surface area contributed by atoms with Crippen molar-refractivity contribution >= 4 is 5.91 Å². The van der Waals surface area contributed by atoms with Crippen molar-refractivity contribution in [3.05, 3.63) is 65.7 Å². The Morgan fingerprint density at radius 1 is 1.16 bits per heavy atom. The van der Waals surface area contributed by atoms with Crippen molar-refractivity contribution in [1.82, 2.24) is 10.6 Å². The molecule has 2 atom stereocenters. The predicted octanol–water partition coefficient (Wildman–Crippen LogP) is 2.11. The minimum Gasteiger partial charge on any atom is -0.489 e. The molecule has 0 saturated carbocycles. The molecule has 2 aromatic rings. The molecular weight excluding hydrogens is 316 g/mol. The second kappa shape index (κ2) is 8.65. The lowest BCUT2D eigenvalue weighted by atomic mass is 10.1. The Kier molecular flexibility index (Phi) is 6.04. The van der Waals surface area contributed by atoms with Gasteiger partial charge in [-0.05, 0) is 49.2 Å². The zero-order valence-corrected chi connectivity index (χ0v) is 14.2. The van der Waals surface area contributed by atoms with Crippen molar-refractivity contribution in [3.63, 3.8) is 0 Å². The molecule has 1 fully saturated rings. The maximum atomic E-state index is 12.4. The highest BCUT2D eigenvalue weighted by atomic mass is 16.5. The van der Waals surface area contributed by atoms with Crippen LogP contribution in [-0.4, -0.2) is 36.2 Å². The monoisotopic (exact) mass is 340 g/mol. The topological polar surface area (TPSA) is 70.6 Å². The molecule has 25 heavy (non-hydrogen) atoms. The van der Waals surface area contributed by atoms with Crippen LogP contribution < -0.4 is 15.4 Å². The molecule has 1 amide bonds. The van der Waals surface area contributed by atoms with Crippen molar-refractivity contribution in [2.45, 2.75) is 31.6 Å². The first-order valence-corrected chi connectivity index (χ1v) is 8.69. The van der Waals surface area contributed by atoms with Gasteiger partial charge in [-0.1, -0.05) is 30.3 Å². The van der Waals surface area contributed by atoms with E-state index in [0.717, 1.165) is 24.3 Å². The lowest BCUT2D eigenvalue weighted by Crippen LogP contribution is -2.47. The van der Waals surface area contributed by atoms with Crippen molar-refractivity contribution in [2.24, 2.45) is 0 Å². The van der Waals surface area contributed by atoms with Gasteiger partial charge >= 0.3 is 0 Å². The average Bonchev–Trinajstić information content (AvgIpc) is 2.86. The smallest absolute Gasteiger partial charge is 0.251 e. The van der Waals surface area contributed by atoms with E-state index in [1.807, 2.05) is 30.3 Å². The van der Waals surface area contributed by atoms with Crippen molar-refractivity contribution in [2.75, 3.05) is 13.1 Å². The first-order valence-electron chi connectivity index (χ1n) is 8.69. The van der Waals surface area contributed by atoms with E-state index >= 15 is 0 Å². The number of carbonyl (C=O) groups excluding carboxylic acids is 1. The fourth-order valence-corrected chi connectivity index (χ4v) is 2.87. The summed E-state index contributed by atoms with van der Waals surface area (Å²) in [6.45, 7) is 1.95. The number of hydrogen-bond acceptors (Lipinski definition) is 4. The number of hydrogen-bond donors (Lipinski definition) is 3. The highest BCUT2D eigenvalue weighted by Gasteiger charge is 2.23. The minimum atomic E-state index is -0.507. The van der Waals surface area contributed by atoms with E-state index in [0.29, 0.717) is 25.1 Å². The van der Waals surface area contributed by atoms with E-state index < -0.39 is 6.10 Å². The molecule has 3 N–H and O–H groups in total. The number of aliphatic hydroxyl groups is 1. The molecule has 0 radical (unpaired) electrons. The Balaban J connectivity index is 1.55. The summed E-state index contributed by atoms with van der Waals surface area (Å²) in [5.41, 5.74) is 1.66. The van der Waals surface area contributed by atoms with Crippen LogP contribution in [0, 0.1) is 0 Å². The second-order valence-corrected chi connectivity index (χ2v) is 6.29. The number of carbonyl (C=O) groups is 1. The van der Waals surface area contributed by atoms with Crippen LogP contribution in [0.25, 0.3) is 0 Å². The number of benzene rings is 2. The van der Waals surface area contributed by atoms with Gasteiger partial charge in [-0.15, -0.1) is 0 Å². The zero-order chi connectivity index (χ0) is 17.5. The molecule has 5 nitrogen and oxygen atoms in total. The average molecular weight is 340 g/mol. The van der Waals surface area contributed by atoms with Gasteiger partial charge in [0.05, 0.1) is 12.1 Å². The Labute approximate surface area is 148 Å². The van der Waals surface area contributed by atoms with Gasteiger partial charge in [0, 0.05) is 12.1 Å². The number of aliphatic hydroxyl groups excluding tert-OH is 1. The SMILES string of the molecule is O=C(N[C@H]1CNCCC[C@H]1O)c1ccc(OCc2ccccc2)cc1. The molecule has 1 aliphatic rings. The van der Waals surface area contributed by atoms with E-state index in [2.05, 4.69) is 10.6 Å². The normalized spacial score (nSPS) is 20.5. The summed E-state index contributed by atoms with van der Waals surface area (Å²) in [5.74, 6) is 0.541. The Hall–Kier alpha value is -2.37. The lowest BCUT2D eigenvalue weighted by molar-refractivity contribution is 0.0832. The van der Waals surface area contributed by atoms with Gasteiger partial charge < -0.3 is 20.5 Å². The van der Waals surface area contributed by atoms with Crippen molar-refractivity contribution in [3.8, 4) is 5.75 Å². The molecule has 0 aromatic heterocycles. The van der Waals surface area contributed by atoms with Crippen molar-refractivity contribution in [1.29, 1.82) is 0 Å². The van der Waals surface area contributed by atoms with Gasteiger partial charge in [-0.3, -0.25) is 4.79 Å². The zero-order valence-electron chi connectivity index (χ0n) is 14.2. The number of nitrogens with one attached hydrogen (secondary N) is 2. The van der Waals surface area contributed by atoms with Gasteiger partial charge in [0.15, 0.2) is 0 Å². The highest BCUT2D eigenvalue weighted by Crippen LogP contribution is 2.15. The molecule has 5 heteroatoms. The number of rotatable bonds is 5. The van der Waals surface area contributed by atoms with Crippen LogP contribution in [0.15, 0.2) is 54.6 Å². The van der Waals surface area contributed by atoms with Gasteiger partial charge in [0.1, 0.15) is 12.4 Å². The summed E-state index contributed by atoms with van der Waals surface area (Å²) >= 11 is 0. The maximum absolute atomic E-state index is 12.4. The van der Waals surface area contributed by atoms with Crippen LogP contribution in [-0.2, 0) is 6.61 Å². The summed E-state index contributed by atoms with van der Waals surface area (Å²) in [4.78, 5) is 12.4. The van der Waals surface area contributed by atoms with Crippen LogP contribution in [0.4, 0.5) is 0 Å². The first-order chi connectivity index (χ1) is 12.2. The second-order valence-electron chi connectivity index (χ2n) is 6.29. The lowest BCUT2D eigenvalue weighted by Gasteiger charge is -2.21. The van der Waals surface area contributed by atoms with Gasteiger partial charge in [0.25, 0.3) is 5.91 Å². The highest BCUT2D eigenvalue weighted by molar-refractivity contribution is 5.94. The quantitative estimate of drug-likeness (QED) is 0.780. The fraction of sp³-hybridized carbons (Fsp3) is 0.350. The number of amides is 1. The molecule has 3 rings (SSSR count). The first kappa shape index (κ1) is 17.5. The third kappa shape index (κ3) is 5.05. The van der Waals surface area contributed by atoms with Gasteiger partial charge in [-0.25, -0.2) is 0 Å². The van der Waals surface area contributed by atoms with Crippen LogP contribution in [0.1, 0.15) is 28.8 Å². The van der Waals surface area contributed by atoms with Gasteiger partial charge in [0.2, 0.25) is 0 Å². The third-order valence-corrected chi connectivity index (χ3v) is 4.36. The summed E-state index contributed by atoms with van der Waals surface area (Å²) in [5, 5.41) is 16.2. The summed E-state index contributed by atoms with van der Waals surface area (Å²) in [6, 6.07) is 16.7. The Morgan fingerprint density at radius 3 is 2.68 bits per heavy atom. The van der Waals surface area contributed by atoms with E-state index in [-0.39, 0.29) is 11.9 Å². The predicted molar refractivity (Wildman–Crippen MR) is 96.6 cm³/mol. The molecular formula is C20H24N2O3. The minimum absolute atomic E-state index is 0.178. The molecule has 0 spiro atoms. The molecule has 1 aliphatic heterocycles. The molecule has 132 valence electrons. The van der Waals surface area contributed by atoms with Crippen LogP contribution in [0.5, 0.6) is 5.75 Å². The Bertz CT molecular complexity index is 673. The standard InChI is InChI=1S/C20H24N2O3/c23-19-7-4-12-21-13-18(19)22-20(24)16-8-10-17(11-9-16)25-14-15-5-2-1-3-6-15/h1-3,5-6,8-11,18-19,21,23H,4,7,12-14H2,(H,22,24)/t18-,19+/m0/s1. The Morgan fingerprint density at radius 2 is 1.92 bits per heavy atom. The molecule has 1 heterocycles. The summed E-state index contributed by atoms with van der Waals surface area (Å²) < 4.78 is 5.73. The molecule has 0 bridgehead atoms. The van der Waals surface area contributed by atoms with E-state index in [4.69, 9.17) is 4.74 Å². The molecule has 1 saturated heterocycles. The fourth-order valence-electron chi connectivity index (χ4n) is 2.87. The van der Waals surface area contributed by atoms with Crippen LogP contribution in [0.3, 0.4) is 0 Å². The molecule has 2 aromatic carbocycles. The third-order valence-electron chi connectivity index (χ3n) is 4.36. The van der Waals surface area contributed by atoms with Crippen molar-refractivity contribution < 1.29 is 14.6 Å². The summed E-state index contributed by atoms with van der Waals surface area (Å²) in [6.07, 6.45) is 1.11. The van der Waals surface area contributed by atoms with Gasteiger partial charge in [-0.2, -0.15) is 0 Å². The molecule has 0 aliphatic carbocycles. The van der Waals surface area contributed by atoms with Crippen LogP contribution in [0.2, 0.25) is 0 Å². The maximum Gasteiger partial charge on any atom is 0.251 e. The van der Waals surface area contributed by atoms with E-state index in [1.54, 1.807) is 24.3 Å². The van der Waals surface area contributed by atoms with E-state index in [9.17, 15) is 9.90 Å². The molecule has 0 unspecified atom stereocenters.